The third-order valence-electron chi connectivity index (χ3n) is 9.51. The third kappa shape index (κ3) is 5.64. The van der Waals surface area contributed by atoms with E-state index in [-0.39, 0.29) is 17.5 Å². The molecule has 0 fully saturated rings. The number of carbonyl (C=O) groups excluding carboxylic acids is 1. The van der Waals surface area contributed by atoms with Gasteiger partial charge < -0.3 is 19.3 Å². The van der Waals surface area contributed by atoms with Crippen LogP contribution in [-0.4, -0.2) is 49.7 Å². The predicted molar refractivity (Wildman–Crippen MR) is 197 cm³/mol. The van der Waals surface area contributed by atoms with Gasteiger partial charge in [-0.3, -0.25) is 9.78 Å². The zero-order valence-corrected chi connectivity index (χ0v) is 29.9. The number of hydrogen-bond acceptors (Lipinski definition) is 6. The van der Waals surface area contributed by atoms with E-state index in [4.69, 9.17) is 27.9 Å². The number of nitrogens with zero attached hydrogens (tertiary/aromatic N) is 5. The zero-order valence-electron chi connectivity index (χ0n) is 28.3. The Balaban J connectivity index is 1.37. The van der Waals surface area contributed by atoms with E-state index in [0.29, 0.717) is 53.3 Å². The zero-order chi connectivity index (χ0) is 35.4. The molecule has 1 aliphatic rings. The van der Waals surface area contributed by atoms with Crippen molar-refractivity contribution in [3.05, 3.63) is 110 Å². The Labute approximate surface area is 299 Å². The maximum atomic E-state index is 14.9. The number of carboxylic acids is 1. The van der Waals surface area contributed by atoms with Gasteiger partial charge >= 0.3 is 5.97 Å². The van der Waals surface area contributed by atoms with Crippen LogP contribution in [0.3, 0.4) is 0 Å². The molecule has 0 radical (unpaired) electrons. The molecule has 6 aromatic rings. The van der Waals surface area contributed by atoms with Gasteiger partial charge in [-0.05, 0) is 94.5 Å². The Morgan fingerprint density at radius 3 is 2.40 bits per heavy atom. The fourth-order valence-electron chi connectivity index (χ4n) is 7.24. The van der Waals surface area contributed by atoms with Crippen molar-refractivity contribution in [2.24, 2.45) is 0 Å². The second kappa shape index (κ2) is 13.0. The van der Waals surface area contributed by atoms with Gasteiger partial charge in [0.15, 0.2) is 0 Å². The predicted octanol–water partition coefficient (Wildman–Crippen LogP) is 9.12. The molecule has 0 spiro atoms. The summed E-state index contributed by atoms with van der Waals surface area (Å²) in [5.41, 5.74) is 8.77. The minimum Gasteiger partial charge on any atom is -0.494 e. The summed E-state index contributed by atoms with van der Waals surface area (Å²) in [7, 11) is 0. The summed E-state index contributed by atoms with van der Waals surface area (Å²) in [6.07, 6.45) is 4.09. The molecule has 3 aromatic heterocycles. The van der Waals surface area contributed by atoms with Crippen molar-refractivity contribution in [2.45, 2.75) is 53.5 Å². The number of ether oxygens (including phenoxy) is 1. The molecule has 7 rings (SSSR count). The van der Waals surface area contributed by atoms with Crippen LogP contribution >= 0.6 is 23.2 Å². The number of fused-ring (bicyclic) bond motifs is 4. The number of rotatable bonds is 8. The Morgan fingerprint density at radius 2 is 1.70 bits per heavy atom. The number of para-hydroxylation sites is 1. The van der Waals surface area contributed by atoms with Gasteiger partial charge in [0.1, 0.15) is 17.8 Å². The number of aromatic carboxylic acids is 1. The van der Waals surface area contributed by atoms with Crippen LogP contribution in [0, 0.1) is 27.7 Å². The van der Waals surface area contributed by atoms with E-state index in [1.54, 1.807) is 17.3 Å². The van der Waals surface area contributed by atoms with Crippen LogP contribution in [0.25, 0.3) is 32.9 Å². The van der Waals surface area contributed by atoms with E-state index < -0.39 is 5.97 Å². The maximum Gasteiger partial charge on any atom is 0.337 e. The lowest BCUT2D eigenvalue weighted by molar-refractivity contribution is 0.0696. The highest BCUT2D eigenvalue weighted by Crippen LogP contribution is 2.45. The Bertz CT molecular complexity index is 2330. The molecule has 0 unspecified atom stereocenters. The first kappa shape index (κ1) is 33.5. The quantitative estimate of drug-likeness (QED) is 0.157. The number of aromatic nitrogens is 4. The highest BCUT2D eigenvalue weighted by Gasteiger charge is 2.37. The molecule has 50 heavy (non-hydrogen) atoms. The summed E-state index contributed by atoms with van der Waals surface area (Å²) >= 11 is 13.4. The summed E-state index contributed by atoms with van der Waals surface area (Å²) in [5.74, 6) is -0.478. The summed E-state index contributed by atoms with van der Waals surface area (Å²) < 4.78 is 8.31. The van der Waals surface area contributed by atoms with Gasteiger partial charge in [0.25, 0.3) is 5.91 Å². The summed E-state index contributed by atoms with van der Waals surface area (Å²) in [6, 6.07) is 14.7. The van der Waals surface area contributed by atoms with Crippen molar-refractivity contribution in [2.75, 3.05) is 18.1 Å². The van der Waals surface area contributed by atoms with Crippen molar-refractivity contribution in [1.82, 2.24) is 19.5 Å². The van der Waals surface area contributed by atoms with Crippen LogP contribution in [0.1, 0.15) is 68.3 Å². The van der Waals surface area contributed by atoms with E-state index in [2.05, 4.69) is 26.4 Å². The second-order valence-electron chi connectivity index (χ2n) is 12.9. The highest BCUT2D eigenvalue weighted by atomic mass is 35.5. The van der Waals surface area contributed by atoms with Gasteiger partial charge in [-0.25, -0.2) is 14.8 Å². The molecule has 1 N–H and O–H groups in total. The SMILES string of the molecule is Cc1cc(OCCCc2c3n(c4c(-c5c(C)ncnc5C)c(Cl)ccc24)[C@H](C)CN(c2cccc4cc(C(=O)O)cnc24)C3=O)cc(C)c1Cl. The molecule has 3 aromatic carbocycles. The van der Waals surface area contributed by atoms with Crippen molar-refractivity contribution >= 4 is 62.6 Å². The molecule has 1 atom stereocenters. The highest BCUT2D eigenvalue weighted by molar-refractivity contribution is 6.35. The number of amides is 1. The fraction of sp³-hybridized carbons (Fsp3) is 0.256. The molecule has 254 valence electrons. The Morgan fingerprint density at radius 1 is 0.980 bits per heavy atom. The average Bonchev–Trinajstić information content (AvgIpc) is 3.42. The molecule has 0 bridgehead atoms. The Hall–Kier alpha value is -4.99. The van der Waals surface area contributed by atoms with E-state index in [9.17, 15) is 14.7 Å². The number of pyridine rings is 1. The number of hydrogen-bond donors (Lipinski definition) is 1. The number of anilines is 1. The molecule has 1 amide bonds. The topological polar surface area (TPSA) is 110 Å². The van der Waals surface area contributed by atoms with Crippen molar-refractivity contribution < 1.29 is 19.4 Å². The minimum atomic E-state index is -1.06. The summed E-state index contributed by atoms with van der Waals surface area (Å²) in [6.45, 7) is 10.7. The van der Waals surface area contributed by atoms with Crippen LogP contribution in [0.2, 0.25) is 10.0 Å². The minimum absolute atomic E-state index is 0.0847. The molecule has 0 saturated heterocycles. The van der Waals surface area contributed by atoms with Crippen molar-refractivity contribution in [1.29, 1.82) is 0 Å². The van der Waals surface area contributed by atoms with Gasteiger partial charge in [0.2, 0.25) is 0 Å². The third-order valence-corrected chi connectivity index (χ3v) is 10.4. The van der Waals surface area contributed by atoms with Gasteiger partial charge in [0, 0.05) is 57.1 Å². The van der Waals surface area contributed by atoms with Gasteiger partial charge in [-0.15, -0.1) is 0 Å². The number of aryl methyl sites for hydroxylation is 5. The van der Waals surface area contributed by atoms with Crippen LogP contribution in [0.15, 0.2) is 61.1 Å². The van der Waals surface area contributed by atoms with Crippen LogP contribution in [0.4, 0.5) is 5.69 Å². The second-order valence-corrected chi connectivity index (χ2v) is 13.7. The van der Waals surface area contributed by atoms with Crippen molar-refractivity contribution in [3.63, 3.8) is 0 Å². The fourth-order valence-corrected chi connectivity index (χ4v) is 7.59. The monoisotopic (exact) mass is 707 g/mol. The van der Waals surface area contributed by atoms with Crippen LogP contribution < -0.4 is 9.64 Å². The van der Waals surface area contributed by atoms with Gasteiger partial charge in [-0.1, -0.05) is 41.4 Å². The van der Waals surface area contributed by atoms with Gasteiger partial charge in [-0.2, -0.15) is 0 Å². The van der Waals surface area contributed by atoms with E-state index >= 15 is 0 Å². The van der Waals surface area contributed by atoms with Crippen LogP contribution in [-0.2, 0) is 6.42 Å². The summed E-state index contributed by atoms with van der Waals surface area (Å²) in [4.78, 5) is 41.8. The van der Waals surface area contributed by atoms with Gasteiger partial charge in [0.05, 0.1) is 33.9 Å². The molecule has 1 aliphatic heterocycles. The first-order valence-electron chi connectivity index (χ1n) is 16.4. The first-order valence-corrected chi connectivity index (χ1v) is 17.2. The summed E-state index contributed by atoms with van der Waals surface area (Å²) in [5, 5.41) is 12.4. The van der Waals surface area contributed by atoms with Crippen LogP contribution in [0.5, 0.6) is 5.75 Å². The lowest BCUT2D eigenvalue weighted by Crippen LogP contribution is -2.42. The molecule has 9 nitrogen and oxygen atoms in total. The first-order chi connectivity index (χ1) is 24.0. The molecule has 11 heteroatoms. The van der Waals surface area contributed by atoms with Crippen molar-refractivity contribution in [3.8, 4) is 16.9 Å². The molecule has 4 heterocycles. The molecule has 0 saturated carbocycles. The molecule has 0 aliphatic carbocycles. The average molecular weight is 709 g/mol. The lowest BCUT2D eigenvalue weighted by atomic mass is 9.97. The number of carbonyl (C=O) groups is 2. The largest absolute Gasteiger partial charge is 0.494 e. The number of halogens is 2. The van der Waals surface area contributed by atoms with E-state index in [1.165, 1.54) is 6.20 Å². The smallest absolute Gasteiger partial charge is 0.337 e. The standard InChI is InChI=1S/C39H35Cl2N5O4/c1-20-14-27(15-21(2)34(20)41)50-13-7-9-28-29-11-12-30(40)33(32-23(4)43-19-44-24(32)5)36(29)46-22(3)18-45(38(47)37(28)46)31-10-6-8-25-16-26(39(48)49)17-42-35(25)31/h6,8,10-12,14-17,19,22H,7,9,13,18H2,1-5H3,(H,48,49)/t22-/m1/s1. The normalized spacial score (nSPS) is 14.4. The van der Waals surface area contributed by atoms with E-state index in [0.717, 1.165) is 60.9 Å². The maximum absolute atomic E-state index is 14.9. The Kier molecular flexibility index (Phi) is 8.74. The molecular formula is C39H35Cl2N5O4. The van der Waals surface area contributed by atoms with E-state index in [1.807, 2.05) is 70.2 Å². The number of benzene rings is 3. The number of carboxylic acid groups (broad SMARTS) is 1. The molecular weight excluding hydrogens is 673 g/mol. The lowest BCUT2D eigenvalue weighted by Gasteiger charge is -2.34.